The Labute approximate surface area is 127 Å². The molecule has 0 aliphatic carbocycles. The van der Waals surface area contributed by atoms with Gasteiger partial charge in [0.1, 0.15) is 6.54 Å². The first-order valence-corrected chi connectivity index (χ1v) is 8.51. The van der Waals surface area contributed by atoms with Crippen molar-refractivity contribution in [2.45, 2.75) is 6.92 Å². The van der Waals surface area contributed by atoms with Crippen LogP contribution in [0.5, 0.6) is 0 Å². The molecule has 0 radical (unpaired) electrons. The minimum absolute atomic E-state index is 0.256. The number of hydrogen-bond acceptors (Lipinski definition) is 3. The second kappa shape index (κ2) is 6.90. The van der Waals surface area contributed by atoms with Crippen LogP contribution >= 0.6 is 15.9 Å². The van der Waals surface area contributed by atoms with Crippen LogP contribution in [0.1, 0.15) is 5.56 Å². The minimum Gasteiger partial charge on any atom is -0.351 e. The van der Waals surface area contributed by atoms with Gasteiger partial charge in [-0.25, -0.2) is 8.42 Å². The summed E-state index contributed by atoms with van der Waals surface area (Å²) in [6, 6.07) is 5.12. The van der Waals surface area contributed by atoms with Gasteiger partial charge in [-0.3, -0.25) is 9.10 Å². The van der Waals surface area contributed by atoms with Crippen LogP contribution in [-0.2, 0) is 14.8 Å². The summed E-state index contributed by atoms with van der Waals surface area (Å²) in [7, 11) is -3.54. The van der Waals surface area contributed by atoms with Crippen molar-refractivity contribution >= 4 is 37.5 Å². The first-order valence-electron chi connectivity index (χ1n) is 5.87. The normalized spacial score (nSPS) is 10.9. The quantitative estimate of drug-likeness (QED) is 0.786. The van der Waals surface area contributed by atoms with E-state index in [9.17, 15) is 13.2 Å². The zero-order valence-electron chi connectivity index (χ0n) is 11.4. The van der Waals surface area contributed by atoms with E-state index in [2.05, 4.69) is 27.8 Å². The number of hydrogen-bond donors (Lipinski definition) is 1. The van der Waals surface area contributed by atoms with E-state index in [0.717, 1.165) is 20.6 Å². The summed E-state index contributed by atoms with van der Waals surface area (Å²) in [6.45, 7) is 5.39. The van der Waals surface area contributed by atoms with Crippen molar-refractivity contribution in [2.75, 3.05) is 23.7 Å². The van der Waals surface area contributed by atoms with Crippen LogP contribution in [0.2, 0.25) is 0 Å². The van der Waals surface area contributed by atoms with Gasteiger partial charge in [-0.2, -0.15) is 0 Å². The van der Waals surface area contributed by atoms with E-state index in [0.29, 0.717) is 12.2 Å². The summed E-state index contributed by atoms with van der Waals surface area (Å²) in [5.41, 5.74) is 1.35. The summed E-state index contributed by atoms with van der Waals surface area (Å²) >= 11 is 3.36. The molecule has 7 heteroatoms. The van der Waals surface area contributed by atoms with Gasteiger partial charge in [0.15, 0.2) is 0 Å². The predicted molar refractivity (Wildman–Crippen MR) is 84.3 cm³/mol. The Morgan fingerprint density at radius 1 is 1.50 bits per heavy atom. The number of anilines is 1. The maximum Gasteiger partial charge on any atom is 0.241 e. The minimum atomic E-state index is -3.54. The Morgan fingerprint density at radius 2 is 2.15 bits per heavy atom. The number of nitrogens with zero attached hydrogens (tertiary/aromatic N) is 1. The first kappa shape index (κ1) is 16.7. The van der Waals surface area contributed by atoms with Crippen molar-refractivity contribution in [3.8, 4) is 0 Å². The molecular weight excluding hydrogens is 344 g/mol. The highest BCUT2D eigenvalue weighted by atomic mass is 79.9. The third kappa shape index (κ3) is 4.64. The van der Waals surface area contributed by atoms with Gasteiger partial charge < -0.3 is 5.32 Å². The Morgan fingerprint density at radius 3 is 2.65 bits per heavy atom. The van der Waals surface area contributed by atoms with E-state index >= 15 is 0 Å². The van der Waals surface area contributed by atoms with Crippen LogP contribution in [0.25, 0.3) is 0 Å². The molecule has 0 unspecified atom stereocenters. The van der Waals surface area contributed by atoms with Crippen LogP contribution in [-0.4, -0.2) is 33.7 Å². The molecule has 0 aliphatic heterocycles. The van der Waals surface area contributed by atoms with Gasteiger partial charge in [0.2, 0.25) is 15.9 Å². The number of carbonyl (C=O) groups excluding carboxylic acids is 1. The molecule has 1 aromatic carbocycles. The van der Waals surface area contributed by atoms with E-state index in [1.54, 1.807) is 18.2 Å². The predicted octanol–water partition coefficient (Wildman–Crippen LogP) is 1.83. The highest BCUT2D eigenvalue weighted by Gasteiger charge is 2.20. The molecule has 1 N–H and O–H groups in total. The van der Waals surface area contributed by atoms with Crippen LogP contribution in [0.4, 0.5) is 5.69 Å². The summed E-state index contributed by atoms with van der Waals surface area (Å²) < 4.78 is 25.7. The maximum atomic E-state index is 11.9. The Hall–Kier alpha value is -1.34. The van der Waals surface area contributed by atoms with Gasteiger partial charge in [0.05, 0.1) is 11.9 Å². The van der Waals surface area contributed by atoms with Crippen molar-refractivity contribution in [1.82, 2.24) is 5.32 Å². The van der Waals surface area contributed by atoms with E-state index < -0.39 is 10.0 Å². The summed E-state index contributed by atoms with van der Waals surface area (Å²) in [4.78, 5) is 11.7. The second-order valence-electron chi connectivity index (χ2n) is 4.30. The van der Waals surface area contributed by atoms with E-state index in [4.69, 9.17) is 0 Å². The molecule has 0 fully saturated rings. The smallest absolute Gasteiger partial charge is 0.241 e. The van der Waals surface area contributed by atoms with Crippen molar-refractivity contribution in [2.24, 2.45) is 0 Å². The summed E-state index contributed by atoms with van der Waals surface area (Å²) in [6.07, 6.45) is 2.61. The first-order chi connectivity index (χ1) is 9.25. The zero-order chi connectivity index (χ0) is 15.3. The largest absolute Gasteiger partial charge is 0.351 e. The monoisotopic (exact) mass is 360 g/mol. The number of rotatable bonds is 6. The van der Waals surface area contributed by atoms with Gasteiger partial charge in [0, 0.05) is 11.0 Å². The standard InChI is InChI=1S/C13H17BrN2O3S/c1-4-7-15-13(17)9-16(20(3,18)19)11-5-6-12(14)10(2)8-11/h4-6,8H,1,7,9H2,2-3H3,(H,15,17). The number of amides is 1. The summed E-state index contributed by atoms with van der Waals surface area (Å²) in [5, 5.41) is 2.56. The number of sulfonamides is 1. The zero-order valence-corrected chi connectivity index (χ0v) is 13.8. The van der Waals surface area contributed by atoms with Crippen molar-refractivity contribution < 1.29 is 13.2 Å². The van der Waals surface area contributed by atoms with E-state index in [1.807, 2.05) is 6.92 Å². The fourth-order valence-corrected chi connectivity index (χ4v) is 2.65. The van der Waals surface area contributed by atoms with Crippen LogP contribution < -0.4 is 9.62 Å². The maximum absolute atomic E-state index is 11.9. The highest BCUT2D eigenvalue weighted by molar-refractivity contribution is 9.10. The topological polar surface area (TPSA) is 66.5 Å². The van der Waals surface area contributed by atoms with Crippen molar-refractivity contribution in [3.05, 3.63) is 40.9 Å². The van der Waals surface area contributed by atoms with Crippen molar-refractivity contribution in [3.63, 3.8) is 0 Å². The lowest BCUT2D eigenvalue weighted by Crippen LogP contribution is -2.40. The Balaban J connectivity index is 3.04. The Kier molecular flexibility index (Phi) is 5.76. The van der Waals surface area contributed by atoms with Gasteiger partial charge >= 0.3 is 0 Å². The fourth-order valence-electron chi connectivity index (χ4n) is 1.56. The third-order valence-corrected chi connectivity index (χ3v) is 4.59. The molecule has 1 rings (SSSR count). The molecule has 0 aromatic heterocycles. The molecule has 0 saturated heterocycles. The van der Waals surface area contributed by atoms with Gasteiger partial charge in [0.25, 0.3) is 0 Å². The molecule has 0 bridgehead atoms. The molecule has 0 heterocycles. The molecule has 5 nitrogen and oxygen atoms in total. The number of benzene rings is 1. The molecule has 110 valence electrons. The molecule has 1 amide bonds. The van der Waals surface area contributed by atoms with Crippen molar-refractivity contribution in [1.29, 1.82) is 0 Å². The average Bonchev–Trinajstić information content (AvgIpc) is 2.35. The number of aryl methyl sites for hydroxylation is 1. The SMILES string of the molecule is C=CCNC(=O)CN(c1ccc(Br)c(C)c1)S(C)(=O)=O. The summed E-state index contributed by atoms with van der Waals surface area (Å²) in [5.74, 6) is -0.379. The molecule has 1 aromatic rings. The molecule has 0 aliphatic rings. The third-order valence-electron chi connectivity index (χ3n) is 2.56. The molecule has 0 saturated carbocycles. The van der Waals surface area contributed by atoms with Crippen LogP contribution in [0.3, 0.4) is 0 Å². The lowest BCUT2D eigenvalue weighted by Gasteiger charge is -2.22. The molecule has 0 atom stereocenters. The van der Waals surface area contributed by atoms with E-state index in [1.165, 1.54) is 6.08 Å². The number of nitrogens with one attached hydrogen (secondary N) is 1. The fraction of sp³-hybridized carbons (Fsp3) is 0.308. The second-order valence-corrected chi connectivity index (χ2v) is 7.06. The molecule has 0 spiro atoms. The average molecular weight is 361 g/mol. The van der Waals surface area contributed by atoms with E-state index in [-0.39, 0.29) is 12.5 Å². The van der Waals surface area contributed by atoms with Gasteiger partial charge in [-0.1, -0.05) is 22.0 Å². The van der Waals surface area contributed by atoms with Gasteiger partial charge in [-0.05, 0) is 30.7 Å². The van der Waals surface area contributed by atoms with Crippen LogP contribution in [0.15, 0.2) is 35.3 Å². The molecule has 20 heavy (non-hydrogen) atoms. The Bertz CT molecular complexity index is 614. The number of carbonyl (C=O) groups is 1. The number of halogens is 1. The van der Waals surface area contributed by atoms with Crippen LogP contribution in [0, 0.1) is 6.92 Å². The lowest BCUT2D eigenvalue weighted by molar-refractivity contribution is -0.119. The molecular formula is C13H17BrN2O3S. The highest BCUT2D eigenvalue weighted by Crippen LogP contribution is 2.24. The van der Waals surface area contributed by atoms with Gasteiger partial charge in [-0.15, -0.1) is 6.58 Å². The lowest BCUT2D eigenvalue weighted by atomic mass is 10.2.